The van der Waals surface area contributed by atoms with E-state index in [1.54, 1.807) is 20.8 Å². The van der Waals surface area contributed by atoms with Gasteiger partial charge in [0.15, 0.2) is 11.5 Å². The van der Waals surface area contributed by atoms with Gasteiger partial charge >= 0.3 is 6.09 Å². The zero-order chi connectivity index (χ0) is 15.8. The van der Waals surface area contributed by atoms with Gasteiger partial charge in [-0.25, -0.2) is 27.2 Å². The third-order valence-electron chi connectivity index (χ3n) is 2.34. The molecule has 8 nitrogen and oxygen atoms in total. The minimum atomic E-state index is -3.44. The van der Waals surface area contributed by atoms with Crippen molar-refractivity contribution in [2.24, 2.45) is 0 Å². The van der Waals surface area contributed by atoms with Gasteiger partial charge < -0.3 is 4.74 Å². The maximum absolute atomic E-state index is 11.6. The molecule has 0 fully saturated rings. The van der Waals surface area contributed by atoms with Crippen molar-refractivity contribution in [3.8, 4) is 0 Å². The third kappa shape index (κ3) is 3.69. The molecule has 0 spiro atoms. The van der Waals surface area contributed by atoms with E-state index in [1.165, 1.54) is 18.5 Å². The number of nitrogens with zero attached hydrogens (tertiary/aromatic N) is 3. The van der Waals surface area contributed by atoms with Crippen molar-refractivity contribution in [1.82, 2.24) is 13.9 Å². The summed E-state index contributed by atoms with van der Waals surface area (Å²) in [6, 6.07) is 1.50. The fourth-order valence-corrected chi connectivity index (χ4v) is 2.36. The van der Waals surface area contributed by atoms with Crippen LogP contribution in [0.5, 0.6) is 0 Å². The van der Waals surface area contributed by atoms with Gasteiger partial charge in [0.1, 0.15) is 11.1 Å². The lowest BCUT2D eigenvalue weighted by atomic mass is 10.2. The molecule has 0 radical (unpaired) electrons. The van der Waals surface area contributed by atoms with Crippen LogP contribution < -0.4 is 5.32 Å². The van der Waals surface area contributed by atoms with Gasteiger partial charge in [-0.1, -0.05) is 0 Å². The lowest BCUT2D eigenvalue weighted by Crippen LogP contribution is -2.27. The van der Waals surface area contributed by atoms with Crippen LogP contribution in [0.2, 0.25) is 0 Å². The summed E-state index contributed by atoms with van der Waals surface area (Å²) >= 11 is 0. The molecular formula is C12H16N4O4S. The second-order valence-corrected chi connectivity index (χ2v) is 7.32. The van der Waals surface area contributed by atoms with Crippen molar-refractivity contribution in [3.05, 3.63) is 18.5 Å². The van der Waals surface area contributed by atoms with Crippen molar-refractivity contribution in [2.75, 3.05) is 11.6 Å². The molecule has 2 aromatic rings. The molecule has 2 aromatic heterocycles. The normalized spacial score (nSPS) is 12.4. The van der Waals surface area contributed by atoms with E-state index >= 15 is 0 Å². The molecule has 0 aliphatic heterocycles. The molecular weight excluding hydrogens is 296 g/mol. The van der Waals surface area contributed by atoms with E-state index in [-0.39, 0.29) is 11.5 Å². The fourth-order valence-electron chi connectivity index (χ4n) is 1.62. The van der Waals surface area contributed by atoms with Gasteiger partial charge in [-0.3, -0.25) is 5.32 Å². The van der Waals surface area contributed by atoms with Crippen LogP contribution in [0.1, 0.15) is 20.8 Å². The highest BCUT2D eigenvalue weighted by molar-refractivity contribution is 7.89. The van der Waals surface area contributed by atoms with Crippen LogP contribution in [0.25, 0.3) is 11.2 Å². The van der Waals surface area contributed by atoms with E-state index in [0.717, 1.165) is 10.2 Å². The Balaban J connectivity index is 2.27. The van der Waals surface area contributed by atoms with Crippen LogP contribution in [-0.4, -0.2) is 40.3 Å². The van der Waals surface area contributed by atoms with Gasteiger partial charge in [-0.05, 0) is 26.8 Å². The van der Waals surface area contributed by atoms with Crippen LogP contribution in [0.15, 0.2) is 18.5 Å². The Bertz CT molecular complexity index is 789. The summed E-state index contributed by atoms with van der Waals surface area (Å²) in [5, 5.41) is 2.45. The SMILES string of the molecule is CC(C)(C)OC(=O)Nc1cnc2c(ccn2S(C)(=O)=O)n1. The number of anilines is 1. The van der Waals surface area contributed by atoms with Gasteiger partial charge in [-0.2, -0.15) is 0 Å². The van der Waals surface area contributed by atoms with Gasteiger partial charge in [-0.15, -0.1) is 0 Å². The lowest BCUT2D eigenvalue weighted by molar-refractivity contribution is 0.0635. The Kier molecular flexibility index (Phi) is 3.62. The number of nitrogens with one attached hydrogen (secondary N) is 1. The topological polar surface area (TPSA) is 103 Å². The molecule has 1 N–H and O–H groups in total. The second kappa shape index (κ2) is 4.99. The first-order chi connectivity index (χ1) is 9.56. The zero-order valence-electron chi connectivity index (χ0n) is 12.1. The number of carbonyl (C=O) groups excluding carboxylic acids is 1. The molecule has 0 aliphatic rings. The average molecular weight is 312 g/mol. The third-order valence-corrected chi connectivity index (χ3v) is 3.35. The minimum Gasteiger partial charge on any atom is -0.444 e. The fraction of sp³-hybridized carbons (Fsp3) is 0.417. The van der Waals surface area contributed by atoms with Crippen LogP contribution >= 0.6 is 0 Å². The monoisotopic (exact) mass is 312 g/mol. The average Bonchev–Trinajstić information content (AvgIpc) is 2.68. The molecule has 0 aromatic carbocycles. The Hall–Kier alpha value is -2.16. The van der Waals surface area contributed by atoms with E-state index in [1.807, 2.05) is 0 Å². The highest BCUT2D eigenvalue weighted by Gasteiger charge is 2.17. The summed E-state index contributed by atoms with van der Waals surface area (Å²) in [6.07, 6.45) is 3.05. The molecule has 0 unspecified atom stereocenters. The number of hydrogen-bond donors (Lipinski definition) is 1. The Labute approximate surface area is 122 Å². The Morgan fingerprint density at radius 1 is 1.38 bits per heavy atom. The summed E-state index contributed by atoms with van der Waals surface area (Å²) in [6.45, 7) is 5.23. The number of fused-ring (bicyclic) bond motifs is 1. The smallest absolute Gasteiger partial charge is 0.413 e. The molecule has 9 heteroatoms. The highest BCUT2D eigenvalue weighted by atomic mass is 32.2. The van der Waals surface area contributed by atoms with Crippen LogP contribution in [-0.2, 0) is 14.8 Å². The summed E-state index contributed by atoms with van der Waals surface area (Å²) in [4.78, 5) is 19.8. The number of hydrogen-bond acceptors (Lipinski definition) is 6. The zero-order valence-corrected chi connectivity index (χ0v) is 12.9. The molecule has 114 valence electrons. The summed E-state index contributed by atoms with van der Waals surface area (Å²) in [7, 11) is -3.44. The number of rotatable bonds is 2. The number of carbonyl (C=O) groups is 1. The summed E-state index contributed by atoms with van der Waals surface area (Å²) in [5.74, 6) is 0.183. The number of ether oxygens (including phenoxy) is 1. The van der Waals surface area contributed by atoms with Crippen molar-refractivity contribution in [2.45, 2.75) is 26.4 Å². The minimum absolute atomic E-state index is 0.183. The molecule has 21 heavy (non-hydrogen) atoms. The predicted molar refractivity (Wildman–Crippen MR) is 77.6 cm³/mol. The molecule has 0 bridgehead atoms. The number of aromatic nitrogens is 3. The van der Waals surface area contributed by atoms with Gasteiger partial charge in [0.2, 0.25) is 10.0 Å². The maximum Gasteiger partial charge on any atom is 0.413 e. The lowest BCUT2D eigenvalue weighted by Gasteiger charge is -2.19. The molecule has 2 heterocycles. The molecule has 0 saturated carbocycles. The van der Waals surface area contributed by atoms with Gasteiger partial charge in [0, 0.05) is 6.20 Å². The van der Waals surface area contributed by atoms with Crippen LogP contribution in [0, 0.1) is 0 Å². The Morgan fingerprint density at radius 3 is 2.62 bits per heavy atom. The van der Waals surface area contributed by atoms with Gasteiger partial charge in [0.05, 0.1) is 12.5 Å². The predicted octanol–water partition coefficient (Wildman–Crippen LogP) is 1.59. The van der Waals surface area contributed by atoms with Gasteiger partial charge in [0.25, 0.3) is 0 Å². The van der Waals surface area contributed by atoms with E-state index in [4.69, 9.17) is 4.74 Å². The summed E-state index contributed by atoms with van der Waals surface area (Å²) < 4.78 is 29.2. The largest absolute Gasteiger partial charge is 0.444 e. The quantitative estimate of drug-likeness (QED) is 0.903. The molecule has 0 saturated heterocycles. The van der Waals surface area contributed by atoms with Crippen molar-refractivity contribution in [1.29, 1.82) is 0 Å². The highest BCUT2D eigenvalue weighted by Crippen LogP contribution is 2.16. The second-order valence-electron chi connectivity index (χ2n) is 5.47. The van der Waals surface area contributed by atoms with Crippen molar-refractivity contribution >= 4 is 33.1 Å². The van der Waals surface area contributed by atoms with E-state index in [2.05, 4.69) is 15.3 Å². The Morgan fingerprint density at radius 2 is 2.05 bits per heavy atom. The standard InChI is InChI=1S/C12H16N4O4S/c1-12(2,3)20-11(17)15-9-7-13-10-8(14-9)5-6-16(10)21(4,18)19/h5-7H,1-4H3,(H,14,15,17). The number of amides is 1. The maximum atomic E-state index is 11.6. The van der Waals surface area contributed by atoms with Crippen LogP contribution in [0.4, 0.5) is 10.6 Å². The first-order valence-electron chi connectivity index (χ1n) is 6.11. The van der Waals surface area contributed by atoms with Crippen LogP contribution in [0.3, 0.4) is 0 Å². The summed E-state index contributed by atoms with van der Waals surface area (Å²) in [5.41, 5.74) is -0.0671. The van der Waals surface area contributed by atoms with E-state index in [9.17, 15) is 13.2 Å². The van der Waals surface area contributed by atoms with Crippen molar-refractivity contribution < 1.29 is 17.9 Å². The molecule has 0 atom stereocenters. The molecule has 2 rings (SSSR count). The molecule has 0 aliphatic carbocycles. The van der Waals surface area contributed by atoms with Crippen molar-refractivity contribution in [3.63, 3.8) is 0 Å². The van der Waals surface area contributed by atoms with E-state index in [0.29, 0.717) is 5.52 Å². The first-order valence-corrected chi connectivity index (χ1v) is 7.96. The van der Waals surface area contributed by atoms with E-state index < -0.39 is 21.7 Å². The molecule has 1 amide bonds. The first kappa shape index (κ1) is 15.2.